The smallest absolute Gasteiger partial charge is 0.336 e. The van der Waals surface area contributed by atoms with Crippen LogP contribution in [-0.4, -0.2) is 41.4 Å². The summed E-state index contributed by atoms with van der Waals surface area (Å²) < 4.78 is 39.0. The van der Waals surface area contributed by atoms with Crippen molar-refractivity contribution in [3.05, 3.63) is 47.5 Å². The Hall–Kier alpha value is -3.08. The van der Waals surface area contributed by atoms with Crippen LogP contribution in [0.5, 0.6) is 0 Å². The van der Waals surface area contributed by atoms with Gasteiger partial charge >= 0.3 is 6.03 Å². The Morgan fingerprint density at radius 2 is 2.15 bits per heavy atom. The van der Waals surface area contributed by atoms with Gasteiger partial charge in [-0.15, -0.1) is 0 Å². The van der Waals surface area contributed by atoms with Gasteiger partial charge in [-0.3, -0.25) is 4.79 Å². The van der Waals surface area contributed by atoms with Crippen LogP contribution in [0.15, 0.2) is 35.4 Å². The number of benzene rings is 1. The summed E-state index contributed by atoms with van der Waals surface area (Å²) in [6.07, 6.45) is 1.51. The number of hydrogen-bond donors (Lipinski definition) is 2. The fourth-order valence-electron chi connectivity index (χ4n) is 2.69. The highest BCUT2D eigenvalue weighted by Crippen LogP contribution is 2.30. The molecule has 0 spiro atoms. The second-order valence-electron chi connectivity index (χ2n) is 5.97. The number of halogens is 1. The molecule has 27 heavy (non-hydrogen) atoms. The van der Waals surface area contributed by atoms with Crippen molar-refractivity contribution in [2.24, 2.45) is 0 Å². The summed E-state index contributed by atoms with van der Waals surface area (Å²) in [5, 5.41) is 12.6. The van der Waals surface area contributed by atoms with Gasteiger partial charge in [-0.25, -0.2) is 21.9 Å². The monoisotopic (exact) mass is 397 g/mol. The van der Waals surface area contributed by atoms with Crippen LogP contribution < -0.4 is 10.6 Å². The lowest BCUT2D eigenvalue weighted by Crippen LogP contribution is -2.49. The van der Waals surface area contributed by atoms with Crippen LogP contribution >= 0.6 is 0 Å². The topological polar surface area (TPSA) is 121 Å². The highest BCUT2D eigenvalue weighted by molar-refractivity contribution is 7.90. The number of rotatable bonds is 4. The van der Waals surface area contributed by atoms with Crippen molar-refractivity contribution in [3.63, 3.8) is 0 Å². The summed E-state index contributed by atoms with van der Waals surface area (Å²) in [4.78, 5) is 24.0. The molecule has 2 heterocycles. The van der Waals surface area contributed by atoms with Crippen molar-refractivity contribution < 1.29 is 25.3 Å². The molecule has 0 radical (unpaired) electrons. The van der Waals surface area contributed by atoms with Gasteiger partial charge < -0.3 is 10.6 Å². The molecule has 0 aliphatic carbocycles. The molecule has 0 unspecified atom stereocenters. The first-order valence-corrected chi connectivity index (χ1v) is 9.35. The SMILES string of the molecule is Cc1ccnnc1[C@@H](C)NC(=O)CN1C(=O)Nc2ccc(F)cc2S1(=O)=O.[HH].[HH]. The van der Waals surface area contributed by atoms with Crippen LogP contribution in [0.25, 0.3) is 0 Å². The molecular formula is C16H20FN5O4S. The number of aryl methyl sites for hydroxylation is 1. The quantitative estimate of drug-likeness (QED) is 0.812. The van der Waals surface area contributed by atoms with E-state index in [0.29, 0.717) is 10.00 Å². The molecule has 146 valence electrons. The Balaban J connectivity index is 0.00000210. The standard InChI is InChI=1S/C16H16FN5O4S.2H2/c1-9-5-6-18-21-15(9)10(2)19-14(23)8-22-16(24)20-12-4-3-11(17)7-13(12)27(22,25)26;;/h3-7,10H,8H2,1-2H3,(H,19,23)(H,20,24);2*1H/t10-;;/m1../s1. The van der Waals surface area contributed by atoms with E-state index in [1.165, 1.54) is 6.20 Å². The molecule has 1 aromatic carbocycles. The Kier molecular flexibility index (Phi) is 4.79. The molecule has 3 amide bonds. The Bertz CT molecular complexity index is 1040. The molecule has 9 nitrogen and oxygen atoms in total. The van der Waals surface area contributed by atoms with Crippen molar-refractivity contribution in [1.29, 1.82) is 0 Å². The molecule has 0 fully saturated rings. The van der Waals surface area contributed by atoms with Gasteiger partial charge in [0.2, 0.25) is 5.91 Å². The summed E-state index contributed by atoms with van der Waals surface area (Å²) >= 11 is 0. The Morgan fingerprint density at radius 3 is 2.85 bits per heavy atom. The second-order valence-corrected chi connectivity index (χ2v) is 7.80. The highest BCUT2D eigenvalue weighted by Gasteiger charge is 2.38. The van der Waals surface area contributed by atoms with E-state index in [9.17, 15) is 22.4 Å². The summed E-state index contributed by atoms with van der Waals surface area (Å²) in [5.41, 5.74) is 1.27. The van der Waals surface area contributed by atoms with Crippen LogP contribution in [0.4, 0.5) is 14.9 Å². The Labute approximate surface area is 157 Å². The number of urea groups is 1. The van der Waals surface area contributed by atoms with Gasteiger partial charge in [0.15, 0.2) is 0 Å². The van der Waals surface area contributed by atoms with E-state index in [0.717, 1.165) is 23.8 Å². The first kappa shape index (κ1) is 18.7. The number of amides is 3. The third kappa shape index (κ3) is 3.58. The first-order chi connectivity index (χ1) is 12.7. The van der Waals surface area contributed by atoms with Gasteiger partial charge in [0.1, 0.15) is 17.3 Å². The van der Waals surface area contributed by atoms with Crippen LogP contribution in [0, 0.1) is 12.7 Å². The molecule has 1 atom stereocenters. The van der Waals surface area contributed by atoms with E-state index in [1.807, 2.05) is 0 Å². The molecule has 0 bridgehead atoms. The third-order valence-electron chi connectivity index (χ3n) is 4.02. The predicted octanol–water partition coefficient (Wildman–Crippen LogP) is 1.83. The van der Waals surface area contributed by atoms with Crippen LogP contribution in [-0.2, 0) is 14.8 Å². The van der Waals surface area contributed by atoms with Crippen LogP contribution in [0.3, 0.4) is 0 Å². The summed E-state index contributed by atoms with van der Waals surface area (Å²) in [6.45, 7) is 2.69. The van der Waals surface area contributed by atoms with Crippen molar-refractivity contribution in [3.8, 4) is 0 Å². The molecule has 1 aliphatic rings. The van der Waals surface area contributed by atoms with Gasteiger partial charge in [0, 0.05) is 9.05 Å². The molecule has 11 heteroatoms. The number of anilines is 1. The Morgan fingerprint density at radius 1 is 1.41 bits per heavy atom. The molecular weight excluding hydrogens is 377 g/mol. The molecule has 0 saturated heterocycles. The summed E-state index contributed by atoms with van der Waals surface area (Å²) in [6, 6.07) is 3.15. The maximum absolute atomic E-state index is 13.4. The normalized spacial score (nSPS) is 16.3. The zero-order valence-corrected chi connectivity index (χ0v) is 15.2. The van der Waals surface area contributed by atoms with E-state index < -0.39 is 45.3 Å². The van der Waals surface area contributed by atoms with E-state index in [-0.39, 0.29) is 8.54 Å². The summed E-state index contributed by atoms with van der Waals surface area (Å²) in [5.74, 6) is -1.49. The third-order valence-corrected chi connectivity index (χ3v) is 5.78. The lowest BCUT2D eigenvalue weighted by molar-refractivity contribution is -0.121. The zero-order chi connectivity index (χ0) is 19.8. The fraction of sp³-hybridized carbons (Fsp3) is 0.250. The number of aromatic nitrogens is 2. The highest BCUT2D eigenvalue weighted by atomic mass is 32.2. The second kappa shape index (κ2) is 6.91. The maximum atomic E-state index is 13.4. The number of sulfonamides is 1. The van der Waals surface area contributed by atoms with E-state index in [2.05, 4.69) is 20.8 Å². The average molecular weight is 397 g/mol. The molecule has 2 N–H and O–H groups in total. The minimum absolute atomic E-state index is 0. The largest absolute Gasteiger partial charge is 0.346 e. The van der Waals surface area contributed by atoms with Gasteiger partial charge in [0.25, 0.3) is 10.0 Å². The minimum Gasteiger partial charge on any atom is -0.346 e. The number of hydrogen-bond acceptors (Lipinski definition) is 6. The van der Waals surface area contributed by atoms with Crippen LogP contribution in [0.2, 0.25) is 0 Å². The molecule has 3 rings (SSSR count). The van der Waals surface area contributed by atoms with E-state index in [1.54, 1.807) is 19.9 Å². The fourth-order valence-corrected chi connectivity index (χ4v) is 4.14. The maximum Gasteiger partial charge on any atom is 0.336 e. The average Bonchev–Trinajstić information content (AvgIpc) is 2.60. The molecule has 2 aromatic rings. The first-order valence-electron chi connectivity index (χ1n) is 7.91. The number of nitrogens with one attached hydrogen (secondary N) is 2. The minimum atomic E-state index is -4.37. The number of carbonyl (C=O) groups is 2. The lowest BCUT2D eigenvalue weighted by atomic mass is 10.1. The number of carbonyl (C=O) groups excluding carboxylic acids is 2. The molecule has 1 aliphatic heterocycles. The van der Waals surface area contributed by atoms with Crippen molar-refractivity contribution >= 4 is 27.6 Å². The van der Waals surface area contributed by atoms with E-state index >= 15 is 0 Å². The van der Waals surface area contributed by atoms with E-state index in [4.69, 9.17) is 0 Å². The lowest BCUT2D eigenvalue weighted by Gasteiger charge is -2.28. The van der Waals surface area contributed by atoms with Gasteiger partial charge in [-0.2, -0.15) is 10.2 Å². The number of fused-ring (bicyclic) bond motifs is 1. The van der Waals surface area contributed by atoms with Gasteiger partial charge in [-0.1, -0.05) is 0 Å². The zero-order valence-electron chi connectivity index (χ0n) is 14.4. The molecule has 0 saturated carbocycles. The van der Waals surface area contributed by atoms with Gasteiger partial charge in [-0.05, 0) is 43.7 Å². The van der Waals surface area contributed by atoms with Crippen molar-refractivity contribution in [2.75, 3.05) is 11.9 Å². The van der Waals surface area contributed by atoms with Crippen molar-refractivity contribution in [2.45, 2.75) is 24.8 Å². The van der Waals surface area contributed by atoms with Crippen molar-refractivity contribution in [1.82, 2.24) is 19.8 Å². The summed E-state index contributed by atoms with van der Waals surface area (Å²) in [7, 11) is -4.37. The van der Waals surface area contributed by atoms with Gasteiger partial charge in [0.05, 0.1) is 17.4 Å². The number of nitrogens with zero attached hydrogens (tertiary/aromatic N) is 3. The predicted molar refractivity (Wildman–Crippen MR) is 96.9 cm³/mol. The molecule has 1 aromatic heterocycles. The van der Waals surface area contributed by atoms with Crippen LogP contribution in [0.1, 0.15) is 27.1 Å².